The van der Waals surface area contributed by atoms with Crippen LogP contribution in [0.1, 0.15) is 68.9 Å². The molecule has 3 nitrogen and oxygen atoms in total. The number of oxazole rings is 1. The summed E-state index contributed by atoms with van der Waals surface area (Å²) in [4.78, 5) is 4.78. The molecule has 0 atom stereocenters. The van der Waals surface area contributed by atoms with Crippen LogP contribution in [0.25, 0.3) is 0 Å². The molecule has 1 heterocycles. The summed E-state index contributed by atoms with van der Waals surface area (Å²) in [7, 11) is 0. The first-order chi connectivity index (χ1) is 8.75. The summed E-state index contributed by atoms with van der Waals surface area (Å²) in [5.41, 5.74) is 1.61. The van der Waals surface area contributed by atoms with E-state index in [0.717, 1.165) is 44.4 Å². The van der Waals surface area contributed by atoms with Gasteiger partial charge < -0.3 is 9.52 Å². The van der Waals surface area contributed by atoms with Crippen molar-refractivity contribution in [3.05, 3.63) is 17.8 Å². The Balaban J connectivity index is 1.60. The molecule has 18 heavy (non-hydrogen) atoms. The average molecular weight is 247 g/mol. The first kappa shape index (κ1) is 11.0. The molecule has 4 aliphatic carbocycles. The molecule has 0 aromatic carbocycles. The Hall–Kier alpha value is -0.830. The molecule has 1 aromatic rings. The van der Waals surface area contributed by atoms with Gasteiger partial charge >= 0.3 is 0 Å². The molecule has 0 amide bonds. The van der Waals surface area contributed by atoms with Gasteiger partial charge in [-0.15, -0.1) is 0 Å². The molecule has 0 saturated heterocycles. The summed E-state index contributed by atoms with van der Waals surface area (Å²) in [6, 6.07) is 0. The summed E-state index contributed by atoms with van der Waals surface area (Å²) in [5, 5.41) is 9.57. The number of rotatable bonds is 3. The van der Waals surface area contributed by atoms with Crippen LogP contribution in [0.4, 0.5) is 0 Å². The van der Waals surface area contributed by atoms with Crippen molar-refractivity contribution in [3.63, 3.8) is 0 Å². The van der Waals surface area contributed by atoms with Gasteiger partial charge in [0.15, 0.2) is 5.89 Å². The normalized spacial score (nSPS) is 39.2. The van der Waals surface area contributed by atoms with Gasteiger partial charge in [0.25, 0.3) is 0 Å². The van der Waals surface area contributed by atoms with Gasteiger partial charge in [0.2, 0.25) is 0 Å². The molecule has 4 saturated carbocycles. The number of nitrogens with zero attached hydrogens (tertiary/aromatic N) is 1. The number of aromatic nitrogens is 1. The van der Waals surface area contributed by atoms with Crippen LogP contribution in [0.15, 0.2) is 10.7 Å². The Morgan fingerprint density at radius 3 is 2.39 bits per heavy atom. The zero-order valence-corrected chi connectivity index (χ0v) is 10.8. The van der Waals surface area contributed by atoms with Gasteiger partial charge in [-0.2, -0.15) is 0 Å². The van der Waals surface area contributed by atoms with Gasteiger partial charge in [-0.25, -0.2) is 4.98 Å². The number of aliphatic hydroxyl groups is 1. The molecule has 4 aliphatic rings. The van der Waals surface area contributed by atoms with E-state index in [4.69, 9.17) is 9.40 Å². The van der Waals surface area contributed by atoms with Gasteiger partial charge in [-0.1, -0.05) is 0 Å². The topological polar surface area (TPSA) is 46.3 Å². The van der Waals surface area contributed by atoms with E-state index in [1.165, 1.54) is 18.5 Å². The zero-order chi connectivity index (χ0) is 12.2. The molecule has 4 fully saturated rings. The monoisotopic (exact) mass is 247 g/mol. The van der Waals surface area contributed by atoms with Crippen molar-refractivity contribution >= 4 is 0 Å². The maximum absolute atomic E-state index is 9.57. The summed E-state index contributed by atoms with van der Waals surface area (Å²) in [6.45, 7) is 0.363. The molecule has 2 bridgehead atoms. The zero-order valence-electron chi connectivity index (χ0n) is 10.8. The van der Waals surface area contributed by atoms with E-state index < -0.39 is 0 Å². The number of hydrogen-bond donors (Lipinski definition) is 1. The Labute approximate surface area is 108 Å². The minimum absolute atomic E-state index is 0.198. The molecule has 1 N–H and O–H groups in total. The lowest BCUT2D eigenvalue weighted by Crippen LogP contribution is -2.46. The maximum Gasteiger partial charge on any atom is 0.200 e. The highest BCUT2D eigenvalue weighted by Gasteiger charge is 2.51. The minimum atomic E-state index is 0.198. The molecule has 5 rings (SSSR count). The lowest BCUT2D eigenvalue weighted by Gasteiger charge is -2.51. The van der Waals surface area contributed by atoms with Crippen LogP contribution in [0.5, 0.6) is 0 Å². The summed E-state index contributed by atoms with van der Waals surface area (Å²) in [6.07, 6.45) is 11.3. The predicted octanol–water partition coefficient (Wildman–Crippen LogP) is 3.14. The van der Waals surface area contributed by atoms with Crippen molar-refractivity contribution in [1.82, 2.24) is 4.98 Å². The molecule has 3 heteroatoms. The Morgan fingerprint density at radius 1 is 1.17 bits per heavy atom. The van der Waals surface area contributed by atoms with Gasteiger partial charge in [0, 0.05) is 17.9 Å². The van der Waals surface area contributed by atoms with Crippen LogP contribution >= 0.6 is 0 Å². The third-order valence-corrected chi connectivity index (χ3v) is 5.71. The third-order valence-electron chi connectivity index (χ3n) is 5.71. The van der Waals surface area contributed by atoms with Gasteiger partial charge in [-0.05, 0) is 56.8 Å². The number of hydrogen-bond acceptors (Lipinski definition) is 3. The first-order valence-electron chi connectivity index (χ1n) is 7.32. The molecule has 0 spiro atoms. The summed E-state index contributed by atoms with van der Waals surface area (Å²) < 4.78 is 5.82. The maximum atomic E-state index is 9.57. The minimum Gasteiger partial charge on any atom is -0.448 e. The van der Waals surface area contributed by atoms with Crippen LogP contribution in [-0.4, -0.2) is 16.7 Å². The summed E-state index contributed by atoms with van der Waals surface area (Å²) >= 11 is 0. The largest absolute Gasteiger partial charge is 0.448 e. The van der Waals surface area contributed by atoms with E-state index in [1.807, 2.05) is 6.26 Å². The Kier molecular flexibility index (Phi) is 2.20. The van der Waals surface area contributed by atoms with E-state index in [-0.39, 0.29) is 10.8 Å². The van der Waals surface area contributed by atoms with Crippen LogP contribution in [-0.2, 0) is 5.41 Å². The lowest BCUT2D eigenvalue weighted by molar-refractivity contribution is -0.0158. The van der Waals surface area contributed by atoms with Crippen LogP contribution in [0, 0.1) is 5.41 Å². The quantitative estimate of drug-likeness (QED) is 0.892. The highest BCUT2D eigenvalue weighted by Crippen LogP contribution is 2.57. The summed E-state index contributed by atoms with van der Waals surface area (Å²) in [5.74, 6) is 1.68. The molecule has 0 unspecified atom stereocenters. The highest BCUT2D eigenvalue weighted by atomic mass is 16.3. The fourth-order valence-electron chi connectivity index (χ4n) is 3.92. The SMILES string of the molecule is OCC12CCC(c3nc(C4CC4)co3)(CC1)CC2. The van der Waals surface area contributed by atoms with E-state index in [1.54, 1.807) is 0 Å². The second-order valence-electron chi connectivity index (χ2n) is 6.79. The van der Waals surface area contributed by atoms with Crippen molar-refractivity contribution < 1.29 is 9.52 Å². The third kappa shape index (κ3) is 1.49. The van der Waals surface area contributed by atoms with Gasteiger partial charge in [0.05, 0.1) is 5.69 Å². The van der Waals surface area contributed by atoms with Crippen molar-refractivity contribution in [2.45, 2.75) is 62.7 Å². The smallest absolute Gasteiger partial charge is 0.200 e. The molecule has 1 aromatic heterocycles. The molecular formula is C15H21NO2. The van der Waals surface area contributed by atoms with Crippen molar-refractivity contribution in [3.8, 4) is 0 Å². The lowest BCUT2D eigenvalue weighted by atomic mass is 9.54. The second kappa shape index (κ2) is 3.60. The Bertz CT molecular complexity index is 436. The Morgan fingerprint density at radius 2 is 1.83 bits per heavy atom. The van der Waals surface area contributed by atoms with Crippen molar-refractivity contribution in [2.24, 2.45) is 5.41 Å². The number of aliphatic hydroxyl groups excluding tert-OH is 1. The van der Waals surface area contributed by atoms with Gasteiger partial charge in [-0.3, -0.25) is 0 Å². The standard InChI is InChI=1S/C15H21NO2/c17-10-14-3-6-15(7-4-14,8-5-14)13-16-12(9-18-13)11-1-2-11/h9,11,17H,1-8,10H2. The first-order valence-corrected chi connectivity index (χ1v) is 7.32. The van der Waals surface area contributed by atoms with Crippen LogP contribution in [0.3, 0.4) is 0 Å². The van der Waals surface area contributed by atoms with E-state index >= 15 is 0 Å². The molecule has 98 valence electrons. The molecular weight excluding hydrogens is 226 g/mol. The predicted molar refractivity (Wildman–Crippen MR) is 67.4 cm³/mol. The van der Waals surface area contributed by atoms with Crippen molar-refractivity contribution in [1.29, 1.82) is 0 Å². The fraction of sp³-hybridized carbons (Fsp3) is 0.800. The van der Waals surface area contributed by atoms with E-state index in [0.29, 0.717) is 12.5 Å². The highest BCUT2D eigenvalue weighted by molar-refractivity contribution is 5.18. The second-order valence-corrected chi connectivity index (χ2v) is 6.79. The van der Waals surface area contributed by atoms with E-state index in [2.05, 4.69) is 0 Å². The van der Waals surface area contributed by atoms with Crippen molar-refractivity contribution in [2.75, 3.05) is 6.61 Å². The fourth-order valence-corrected chi connectivity index (χ4v) is 3.92. The number of fused-ring (bicyclic) bond motifs is 3. The molecule has 0 aliphatic heterocycles. The van der Waals surface area contributed by atoms with Crippen LogP contribution in [0.2, 0.25) is 0 Å². The molecule has 0 radical (unpaired) electrons. The van der Waals surface area contributed by atoms with E-state index in [9.17, 15) is 5.11 Å². The van der Waals surface area contributed by atoms with Gasteiger partial charge in [0.1, 0.15) is 6.26 Å². The average Bonchev–Trinajstić information content (AvgIpc) is 3.18. The van der Waals surface area contributed by atoms with Crippen LogP contribution < -0.4 is 0 Å².